The van der Waals surface area contributed by atoms with Crippen LogP contribution < -0.4 is 15.4 Å². The molecule has 102 valence electrons. The molecular formula is C15H20N2OS. The van der Waals surface area contributed by atoms with Gasteiger partial charge in [-0.05, 0) is 55.4 Å². The van der Waals surface area contributed by atoms with Crippen LogP contribution in [0.3, 0.4) is 0 Å². The smallest absolute Gasteiger partial charge is 0.171 e. The van der Waals surface area contributed by atoms with Gasteiger partial charge in [-0.1, -0.05) is 18.6 Å². The third-order valence-electron chi connectivity index (χ3n) is 4.41. The molecule has 3 rings (SSSR count). The number of hydrogen-bond acceptors (Lipinski definition) is 2. The van der Waals surface area contributed by atoms with Crippen molar-refractivity contribution in [2.24, 2.45) is 11.8 Å². The van der Waals surface area contributed by atoms with Gasteiger partial charge in [-0.2, -0.15) is 0 Å². The molecule has 4 heteroatoms. The second kappa shape index (κ2) is 5.37. The molecule has 2 aliphatic rings. The van der Waals surface area contributed by atoms with Crippen molar-refractivity contribution in [3.05, 3.63) is 24.3 Å². The van der Waals surface area contributed by atoms with E-state index >= 15 is 0 Å². The van der Waals surface area contributed by atoms with Crippen molar-refractivity contribution >= 4 is 23.0 Å². The Balaban J connectivity index is 1.59. The third-order valence-corrected chi connectivity index (χ3v) is 4.63. The first-order valence-electron chi connectivity index (χ1n) is 6.97. The van der Waals surface area contributed by atoms with Crippen LogP contribution in [0.15, 0.2) is 24.3 Å². The van der Waals surface area contributed by atoms with Gasteiger partial charge >= 0.3 is 0 Å². The third kappa shape index (κ3) is 2.68. The fraction of sp³-hybridized carbons (Fsp3) is 0.533. The van der Waals surface area contributed by atoms with Crippen molar-refractivity contribution in [2.75, 3.05) is 12.4 Å². The van der Waals surface area contributed by atoms with Crippen LogP contribution in [-0.2, 0) is 0 Å². The van der Waals surface area contributed by atoms with E-state index < -0.39 is 0 Å². The second-order valence-electron chi connectivity index (χ2n) is 5.58. The Kier molecular flexibility index (Phi) is 3.60. The number of fused-ring (bicyclic) bond motifs is 2. The summed E-state index contributed by atoms with van der Waals surface area (Å²) < 4.78 is 5.32. The lowest BCUT2D eigenvalue weighted by Crippen LogP contribution is -2.40. The van der Waals surface area contributed by atoms with E-state index in [2.05, 4.69) is 10.6 Å². The molecule has 0 spiro atoms. The van der Waals surface area contributed by atoms with E-state index in [0.717, 1.165) is 23.3 Å². The number of benzene rings is 1. The maximum atomic E-state index is 5.42. The molecular weight excluding hydrogens is 256 g/mol. The van der Waals surface area contributed by atoms with E-state index in [1.54, 1.807) is 7.11 Å². The normalized spacial score (nSPS) is 28.2. The fourth-order valence-corrected chi connectivity index (χ4v) is 3.76. The van der Waals surface area contributed by atoms with Crippen LogP contribution in [-0.4, -0.2) is 18.3 Å². The number of ether oxygens (including phenoxy) is 1. The monoisotopic (exact) mass is 276 g/mol. The number of hydrogen-bond donors (Lipinski definition) is 2. The number of rotatable bonds is 3. The maximum absolute atomic E-state index is 5.42. The molecule has 19 heavy (non-hydrogen) atoms. The lowest BCUT2D eigenvalue weighted by atomic mass is 9.96. The summed E-state index contributed by atoms with van der Waals surface area (Å²) in [5.41, 5.74) is 0.922. The zero-order chi connectivity index (χ0) is 13.2. The first kappa shape index (κ1) is 12.7. The lowest BCUT2D eigenvalue weighted by Gasteiger charge is -2.24. The summed E-state index contributed by atoms with van der Waals surface area (Å²) in [6, 6.07) is 8.41. The molecule has 3 atom stereocenters. The quantitative estimate of drug-likeness (QED) is 0.831. The van der Waals surface area contributed by atoms with Crippen molar-refractivity contribution in [1.82, 2.24) is 5.32 Å². The Morgan fingerprint density at radius 2 is 2.11 bits per heavy atom. The molecule has 0 aliphatic heterocycles. The fourth-order valence-electron chi connectivity index (χ4n) is 3.50. The second-order valence-corrected chi connectivity index (χ2v) is 5.99. The largest absolute Gasteiger partial charge is 0.495 e. The molecule has 0 aromatic heterocycles. The molecule has 2 fully saturated rings. The molecule has 1 aromatic rings. The number of thiocarbonyl (C=S) groups is 1. The van der Waals surface area contributed by atoms with Crippen molar-refractivity contribution < 1.29 is 4.74 Å². The van der Waals surface area contributed by atoms with Crippen molar-refractivity contribution in [1.29, 1.82) is 0 Å². The van der Waals surface area contributed by atoms with Crippen molar-refractivity contribution in [3.8, 4) is 5.75 Å². The average Bonchev–Trinajstić information content (AvgIpc) is 3.01. The van der Waals surface area contributed by atoms with E-state index in [1.807, 2.05) is 24.3 Å². The Labute approximate surface area is 119 Å². The first-order chi connectivity index (χ1) is 9.26. The van der Waals surface area contributed by atoms with Gasteiger partial charge in [-0.3, -0.25) is 0 Å². The summed E-state index contributed by atoms with van der Waals surface area (Å²) in [4.78, 5) is 0. The van der Waals surface area contributed by atoms with Crippen molar-refractivity contribution in [3.63, 3.8) is 0 Å². The van der Waals surface area contributed by atoms with Crippen LogP contribution in [0.25, 0.3) is 0 Å². The first-order valence-corrected chi connectivity index (χ1v) is 7.37. The van der Waals surface area contributed by atoms with E-state index in [9.17, 15) is 0 Å². The van der Waals surface area contributed by atoms with Gasteiger partial charge in [0.15, 0.2) is 5.11 Å². The molecule has 2 aliphatic carbocycles. The molecule has 0 radical (unpaired) electrons. The number of methoxy groups -OCH3 is 1. The maximum Gasteiger partial charge on any atom is 0.171 e. The van der Waals surface area contributed by atoms with Gasteiger partial charge in [0, 0.05) is 6.04 Å². The summed E-state index contributed by atoms with van der Waals surface area (Å²) in [7, 11) is 1.67. The zero-order valence-corrected chi connectivity index (χ0v) is 12.0. The highest BCUT2D eigenvalue weighted by molar-refractivity contribution is 7.80. The molecule has 0 saturated heterocycles. The van der Waals surface area contributed by atoms with Gasteiger partial charge in [-0.15, -0.1) is 0 Å². The SMILES string of the molecule is COc1ccccc1NC(=S)N[C@H]1C[C@H]2CC[C@H]1C2. The number of anilines is 1. The molecule has 0 unspecified atom stereocenters. The molecule has 2 bridgehead atoms. The van der Waals surface area contributed by atoms with E-state index in [-0.39, 0.29) is 0 Å². The molecule has 0 heterocycles. The summed E-state index contributed by atoms with van der Waals surface area (Å²) in [6.07, 6.45) is 5.43. The van der Waals surface area contributed by atoms with Crippen molar-refractivity contribution in [2.45, 2.75) is 31.7 Å². The summed E-state index contributed by atoms with van der Waals surface area (Å²) in [5.74, 6) is 2.57. The summed E-state index contributed by atoms with van der Waals surface area (Å²) in [6.45, 7) is 0. The highest BCUT2D eigenvalue weighted by Gasteiger charge is 2.39. The number of nitrogens with one attached hydrogen (secondary N) is 2. The van der Waals surface area contributed by atoms with E-state index in [0.29, 0.717) is 11.2 Å². The summed E-state index contributed by atoms with van der Waals surface area (Å²) in [5, 5.41) is 7.43. The van der Waals surface area contributed by atoms with Gasteiger partial charge < -0.3 is 15.4 Å². The topological polar surface area (TPSA) is 33.3 Å². The molecule has 2 N–H and O–H groups in total. The van der Waals surface area contributed by atoms with Crippen LogP contribution in [0.4, 0.5) is 5.69 Å². The van der Waals surface area contributed by atoms with Gasteiger partial charge in [-0.25, -0.2) is 0 Å². The van der Waals surface area contributed by atoms with E-state index in [1.165, 1.54) is 25.7 Å². The van der Waals surface area contributed by atoms with Crippen LogP contribution in [0.1, 0.15) is 25.7 Å². The minimum atomic E-state index is 0.563. The Hall–Kier alpha value is -1.29. The van der Waals surface area contributed by atoms with Crippen LogP contribution in [0.5, 0.6) is 5.75 Å². The minimum absolute atomic E-state index is 0.563. The predicted molar refractivity (Wildman–Crippen MR) is 81.6 cm³/mol. The zero-order valence-electron chi connectivity index (χ0n) is 11.2. The highest BCUT2D eigenvalue weighted by Crippen LogP contribution is 2.44. The van der Waals surface area contributed by atoms with Crippen LogP contribution in [0, 0.1) is 11.8 Å². The molecule has 2 saturated carbocycles. The van der Waals surface area contributed by atoms with Gasteiger partial charge in [0.25, 0.3) is 0 Å². The molecule has 1 aromatic carbocycles. The summed E-state index contributed by atoms with van der Waals surface area (Å²) >= 11 is 5.42. The Morgan fingerprint density at radius 3 is 2.79 bits per heavy atom. The number of para-hydroxylation sites is 2. The van der Waals surface area contributed by atoms with Gasteiger partial charge in [0.2, 0.25) is 0 Å². The van der Waals surface area contributed by atoms with E-state index in [4.69, 9.17) is 17.0 Å². The highest BCUT2D eigenvalue weighted by atomic mass is 32.1. The Morgan fingerprint density at radius 1 is 1.26 bits per heavy atom. The van der Waals surface area contributed by atoms with Crippen LogP contribution in [0.2, 0.25) is 0 Å². The predicted octanol–water partition coefficient (Wildman–Crippen LogP) is 3.17. The van der Waals surface area contributed by atoms with Gasteiger partial charge in [0.05, 0.1) is 12.8 Å². The van der Waals surface area contributed by atoms with Gasteiger partial charge in [0.1, 0.15) is 5.75 Å². The lowest BCUT2D eigenvalue weighted by molar-refractivity contribution is 0.391. The standard InChI is InChI=1S/C15H20N2OS/c1-18-14-5-3-2-4-12(14)16-15(19)17-13-9-10-6-7-11(13)8-10/h2-5,10-11,13H,6-9H2,1H3,(H2,16,17,19)/t10-,11-,13-/m0/s1. The Bertz CT molecular complexity index is 477. The minimum Gasteiger partial charge on any atom is -0.495 e. The molecule has 0 amide bonds. The molecule has 3 nitrogen and oxygen atoms in total. The van der Waals surface area contributed by atoms with Crippen LogP contribution >= 0.6 is 12.2 Å². The average molecular weight is 276 g/mol.